The molecule has 2 nitrogen and oxygen atoms in total. The molecule has 118 valence electrons. The number of hydrogen-bond donors (Lipinski definition) is 1. The molecular formula is C18H29FN2. The van der Waals surface area contributed by atoms with Gasteiger partial charge in [0.05, 0.1) is 0 Å². The van der Waals surface area contributed by atoms with E-state index in [4.69, 9.17) is 5.73 Å². The largest absolute Gasteiger partial charge is 0.368 e. The molecule has 0 unspecified atom stereocenters. The third-order valence-corrected chi connectivity index (χ3v) is 4.51. The Morgan fingerprint density at radius 2 is 1.90 bits per heavy atom. The van der Waals surface area contributed by atoms with Crippen LogP contribution >= 0.6 is 0 Å². The zero-order valence-electron chi connectivity index (χ0n) is 13.6. The summed E-state index contributed by atoms with van der Waals surface area (Å²) in [5.41, 5.74) is 7.73. The number of nitrogens with zero attached hydrogens (tertiary/aromatic N) is 1. The lowest BCUT2D eigenvalue weighted by Crippen LogP contribution is -2.36. The van der Waals surface area contributed by atoms with Crippen LogP contribution in [0.25, 0.3) is 0 Å². The van der Waals surface area contributed by atoms with E-state index in [0.29, 0.717) is 17.5 Å². The van der Waals surface area contributed by atoms with Crippen LogP contribution in [0.5, 0.6) is 0 Å². The van der Waals surface area contributed by atoms with E-state index in [1.807, 2.05) is 19.1 Å². The molecule has 0 spiro atoms. The third kappa shape index (κ3) is 3.97. The first kappa shape index (κ1) is 16.3. The highest BCUT2D eigenvalue weighted by molar-refractivity contribution is 5.56. The average Bonchev–Trinajstić information content (AvgIpc) is 2.92. The van der Waals surface area contributed by atoms with Crippen LogP contribution in [0.3, 0.4) is 0 Å². The summed E-state index contributed by atoms with van der Waals surface area (Å²) < 4.78 is 14.2. The van der Waals surface area contributed by atoms with Crippen LogP contribution < -0.4 is 10.6 Å². The zero-order chi connectivity index (χ0) is 15.4. The molecule has 0 radical (unpaired) electrons. The van der Waals surface area contributed by atoms with Crippen LogP contribution in [-0.4, -0.2) is 12.6 Å². The first-order chi connectivity index (χ1) is 10.0. The predicted molar refractivity (Wildman–Crippen MR) is 88.1 cm³/mol. The van der Waals surface area contributed by atoms with Crippen LogP contribution in [0.1, 0.15) is 64.5 Å². The molecule has 1 atom stereocenters. The van der Waals surface area contributed by atoms with Crippen LogP contribution in [0, 0.1) is 11.7 Å². The van der Waals surface area contributed by atoms with Crippen LogP contribution in [0.15, 0.2) is 18.2 Å². The number of benzene rings is 1. The maximum absolute atomic E-state index is 14.2. The van der Waals surface area contributed by atoms with E-state index in [1.54, 1.807) is 0 Å². The summed E-state index contributed by atoms with van der Waals surface area (Å²) in [5.74, 6) is 0.483. The highest BCUT2D eigenvalue weighted by Gasteiger charge is 2.26. The molecule has 1 saturated carbocycles. The fourth-order valence-electron chi connectivity index (χ4n) is 3.34. The van der Waals surface area contributed by atoms with E-state index < -0.39 is 0 Å². The number of anilines is 1. The summed E-state index contributed by atoms with van der Waals surface area (Å²) in [4.78, 5) is 2.43. The van der Waals surface area contributed by atoms with E-state index in [2.05, 4.69) is 18.7 Å². The molecule has 1 aromatic carbocycles. The highest BCUT2D eigenvalue weighted by Crippen LogP contribution is 2.34. The molecule has 0 bridgehead atoms. The van der Waals surface area contributed by atoms with Crippen molar-refractivity contribution in [2.24, 2.45) is 11.7 Å². The topological polar surface area (TPSA) is 29.3 Å². The molecule has 0 heterocycles. The van der Waals surface area contributed by atoms with E-state index in [0.717, 1.165) is 18.7 Å². The SMILES string of the molecule is CC(C)CCN(c1cccc(F)c1[C@H](C)N)C1CCCC1. The maximum Gasteiger partial charge on any atom is 0.130 e. The van der Waals surface area contributed by atoms with Crippen molar-refractivity contribution in [3.8, 4) is 0 Å². The molecule has 0 aromatic heterocycles. The van der Waals surface area contributed by atoms with E-state index in [1.165, 1.54) is 31.7 Å². The van der Waals surface area contributed by atoms with Gasteiger partial charge < -0.3 is 10.6 Å². The van der Waals surface area contributed by atoms with Gasteiger partial charge in [-0.1, -0.05) is 32.8 Å². The van der Waals surface area contributed by atoms with Gasteiger partial charge in [-0.25, -0.2) is 4.39 Å². The van der Waals surface area contributed by atoms with Crippen molar-refractivity contribution < 1.29 is 4.39 Å². The van der Waals surface area contributed by atoms with Crippen molar-refractivity contribution in [1.82, 2.24) is 0 Å². The third-order valence-electron chi connectivity index (χ3n) is 4.51. The van der Waals surface area contributed by atoms with Crippen molar-refractivity contribution in [2.75, 3.05) is 11.4 Å². The van der Waals surface area contributed by atoms with Gasteiger partial charge in [0.1, 0.15) is 5.82 Å². The lowest BCUT2D eigenvalue weighted by molar-refractivity contribution is 0.522. The average molecular weight is 292 g/mol. The molecular weight excluding hydrogens is 263 g/mol. The minimum Gasteiger partial charge on any atom is -0.368 e. The maximum atomic E-state index is 14.2. The predicted octanol–water partition coefficient (Wildman–Crippen LogP) is 4.64. The number of halogens is 1. The van der Waals surface area contributed by atoms with Gasteiger partial charge in [0, 0.05) is 29.9 Å². The Morgan fingerprint density at radius 1 is 1.24 bits per heavy atom. The molecule has 1 aliphatic carbocycles. The Balaban J connectivity index is 2.33. The molecule has 1 aromatic rings. The zero-order valence-corrected chi connectivity index (χ0v) is 13.6. The number of hydrogen-bond acceptors (Lipinski definition) is 2. The summed E-state index contributed by atoms with van der Waals surface area (Å²) >= 11 is 0. The van der Waals surface area contributed by atoms with Gasteiger partial charge in [-0.05, 0) is 44.2 Å². The Bertz CT molecular complexity index is 451. The summed E-state index contributed by atoms with van der Waals surface area (Å²) in [5, 5.41) is 0. The minimum absolute atomic E-state index is 0.171. The Labute approximate surface area is 128 Å². The molecule has 0 aliphatic heterocycles. The molecule has 1 aliphatic rings. The Kier molecular flexibility index (Phi) is 5.63. The van der Waals surface area contributed by atoms with Crippen LogP contribution in [0.2, 0.25) is 0 Å². The van der Waals surface area contributed by atoms with Gasteiger partial charge in [0.2, 0.25) is 0 Å². The Hall–Kier alpha value is -1.09. The van der Waals surface area contributed by atoms with Gasteiger partial charge in [-0.15, -0.1) is 0 Å². The molecule has 1 fully saturated rings. The van der Waals surface area contributed by atoms with E-state index in [9.17, 15) is 4.39 Å². The smallest absolute Gasteiger partial charge is 0.130 e. The summed E-state index contributed by atoms with van der Waals surface area (Å²) in [6, 6.07) is 5.65. The summed E-state index contributed by atoms with van der Waals surface area (Å²) in [7, 11) is 0. The van der Waals surface area contributed by atoms with E-state index in [-0.39, 0.29) is 11.9 Å². The van der Waals surface area contributed by atoms with Crippen molar-refractivity contribution in [2.45, 2.75) is 65.0 Å². The van der Waals surface area contributed by atoms with Gasteiger partial charge >= 0.3 is 0 Å². The molecule has 21 heavy (non-hydrogen) atoms. The second-order valence-electron chi connectivity index (χ2n) is 6.78. The number of nitrogens with two attached hydrogens (primary N) is 1. The lowest BCUT2D eigenvalue weighted by atomic mass is 10.0. The fraction of sp³-hybridized carbons (Fsp3) is 0.667. The quantitative estimate of drug-likeness (QED) is 0.827. The lowest BCUT2D eigenvalue weighted by Gasteiger charge is -2.34. The Morgan fingerprint density at radius 3 is 2.48 bits per heavy atom. The van der Waals surface area contributed by atoms with Crippen LogP contribution in [-0.2, 0) is 0 Å². The first-order valence-corrected chi connectivity index (χ1v) is 8.31. The monoisotopic (exact) mass is 292 g/mol. The first-order valence-electron chi connectivity index (χ1n) is 8.31. The summed E-state index contributed by atoms with van der Waals surface area (Å²) in [6.45, 7) is 7.35. The standard InChI is InChI=1S/C18H29FN2/c1-13(2)11-12-21(15-7-4-5-8-15)17-10-6-9-16(19)18(17)14(3)20/h6,9-10,13-15H,4-5,7-8,11-12,20H2,1-3H3/t14-/m0/s1. The second kappa shape index (κ2) is 7.26. The minimum atomic E-state index is -0.274. The van der Waals surface area contributed by atoms with Crippen LogP contribution in [0.4, 0.5) is 10.1 Å². The van der Waals surface area contributed by atoms with Gasteiger partial charge in [0.15, 0.2) is 0 Å². The molecule has 2 rings (SSSR count). The molecule has 2 N–H and O–H groups in total. The fourth-order valence-corrected chi connectivity index (χ4v) is 3.34. The molecule has 0 amide bonds. The van der Waals surface area contributed by atoms with Gasteiger partial charge in [0.25, 0.3) is 0 Å². The molecule has 0 saturated heterocycles. The normalized spacial score (nSPS) is 17.4. The van der Waals surface area contributed by atoms with Crippen molar-refractivity contribution >= 4 is 5.69 Å². The van der Waals surface area contributed by atoms with Gasteiger partial charge in [-0.3, -0.25) is 0 Å². The second-order valence-corrected chi connectivity index (χ2v) is 6.78. The number of rotatable bonds is 6. The highest BCUT2D eigenvalue weighted by atomic mass is 19.1. The van der Waals surface area contributed by atoms with Gasteiger partial charge in [-0.2, -0.15) is 0 Å². The van der Waals surface area contributed by atoms with Crippen molar-refractivity contribution in [3.05, 3.63) is 29.6 Å². The summed E-state index contributed by atoms with van der Waals surface area (Å²) in [6.07, 6.45) is 6.13. The van der Waals surface area contributed by atoms with Crippen molar-refractivity contribution in [3.63, 3.8) is 0 Å². The van der Waals surface area contributed by atoms with E-state index >= 15 is 0 Å². The van der Waals surface area contributed by atoms with Crippen molar-refractivity contribution in [1.29, 1.82) is 0 Å². The molecule has 3 heteroatoms.